The molecule has 1 aromatic heterocycles. The largest absolute Gasteiger partial charge is 0.356 e. The fraction of sp³-hybridized carbons (Fsp3) is 0.500. The van der Waals surface area contributed by atoms with E-state index in [9.17, 15) is 0 Å². The van der Waals surface area contributed by atoms with Gasteiger partial charge in [-0.15, -0.1) is 0 Å². The van der Waals surface area contributed by atoms with Crippen molar-refractivity contribution in [3.05, 3.63) is 18.1 Å². The van der Waals surface area contributed by atoms with Gasteiger partial charge in [0.15, 0.2) is 0 Å². The van der Waals surface area contributed by atoms with Crippen LogP contribution in [-0.4, -0.2) is 23.1 Å². The summed E-state index contributed by atoms with van der Waals surface area (Å²) in [5, 5.41) is 0. The maximum absolute atomic E-state index is 4.31. The van der Waals surface area contributed by atoms with E-state index in [1.54, 1.807) is 0 Å². The van der Waals surface area contributed by atoms with E-state index in [4.69, 9.17) is 0 Å². The van der Waals surface area contributed by atoms with Gasteiger partial charge in [0.2, 0.25) is 0 Å². The zero-order chi connectivity index (χ0) is 7.68. The molecule has 58 valence electrons. The molecule has 0 aliphatic carbocycles. The van der Waals surface area contributed by atoms with Crippen molar-refractivity contribution >= 4 is 5.82 Å². The average molecular weight is 149 g/mol. The van der Waals surface area contributed by atoms with E-state index >= 15 is 0 Å². The maximum atomic E-state index is 4.31. The minimum absolute atomic E-state index is 0.856. The molecule has 3 heteroatoms. The molecular formula is C8H11N3. The Bertz CT molecular complexity index is 255. The van der Waals surface area contributed by atoms with Gasteiger partial charge in [-0.2, -0.15) is 0 Å². The molecule has 0 atom stereocenters. The summed E-state index contributed by atoms with van der Waals surface area (Å²) in [6, 6.07) is 1.96. The van der Waals surface area contributed by atoms with Crippen LogP contribution in [0.1, 0.15) is 12.2 Å². The normalized spacial score (nSPS) is 16.3. The summed E-state index contributed by atoms with van der Waals surface area (Å²) >= 11 is 0. The maximum Gasteiger partial charge on any atom is 0.132 e. The first-order valence-electron chi connectivity index (χ1n) is 3.91. The average Bonchev–Trinajstić information content (AvgIpc) is 1.83. The van der Waals surface area contributed by atoms with Crippen molar-refractivity contribution in [2.45, 2.75) is 13.3 Å². The molecule has 11 heavy (non-hydrogen) atoms. The van der Waals surface area contributed by atoms with Crippen LogP contribution in [0.5, 0.6) is 0 Å². The van der Waals surface area contributed by atoms with Gasteiger partial charge >= 0.3 is 0 Å². The summed E-state index contributed by atoms with van der Waals surface area (Å²) in [5.41, 5.74) is 0. The Morgan fingerprint density at radius 1 is 1.45 bits per heavy atom. The lowest BCUT2D eigenvalue weighted by atomic mass is 10.2. The lowest BCUT2D eigenvalue weighted by Crippen LogP contribution is -2.37. The highest BCUT2D eigenvalue weighted by Crippen LogP contribution is 2.16. The third kappa shape index (κ3) is 1.18. The smallest absolute Gasteiger partial charge is 0.132 e. The number of aromatic nitrogens is 2. The summed E-state index contributed by atoms with van der Waals surface area (Å²) in [6.45, 7) is 4.22. The Kier molecular flexibility index (Phi) is 1.49. The third-order valence-electron chi connectivity index (χ3n) is 1.94. The van der Waals surface area contributed by atoms with Gasteiger partial charge in [-0.1, -0.05) is 0 Å². The molecule has 2 rings (SSSR count). The van der Waals surface area contributed by atoms with Gasteiger partial charge in [-0.05, 0) is 19.4 Å². The second kappa shape index (κ2) is 2.49. The molecular weight excluding hydrogens is 138 g/mol. The van der Waals surface area contributed by atoms with E-state index in [1.165, 1.54) is 6.42 Å². The topological polar surface area (TPSA) is 29.0 Å². The van der Waals surface area contributed by atoms with Gasteiger partial charge in [0, 0.05) is 19.3 Å². The van der Waals surface area contributed by atoms with Crippen molar-refractivity contribution in [3.63, 3.8) is 0 Å². The molecule has 0 spiro atoms. The lowest BCUT2D eigenvalue weighted by Gasteiger charge is -2.31. The number of hydrogen-bond acceptors (Lipinski definition) is 3. The Morgan fingerprint density at radius 3 is 2.82 bits per heavy atom. The van der Waals surface area contributed by atoms with Crippen LogP contribution < -0.4 is 4.90 Å². The summed E-state index contributed by atoms with van der Waals surface area (Å²) < 4.78 is 0. The van der Waals surface area contributed by atoms with Gasteiger partial charge < -0.3 is 4.90 Å². The van der Waals surface area contributed by atoms with E-state index < -0.39 is 0 Å². The van der Waals surface area contributed by atoms with Crippen LogP contribution in [0.3, 0.4) is 0 Å². The number of anilines is 1. The first kappa shape index (κ1) is 6.58. The van der Waals surface area contributed by atoms with Crippen molar-refractivity contribution in [3.8, 4) is 0 Å². The highest BCUT2D eigenvalue weighted by molar-refractivity contribution is 5.39. The number of aryl methyl sites for hydroxylation is 1. The lowest BCUT2D eigenvalue weighted by molar-refractivity contribution is 0.607. The minimum Gasteiger partial charge on any atom is -0.356 e. The molecule has 0 amide bonds. The molecule has 1 saturated heterocycles. The van der Waals surface area contributed by atoms with Gasteiger partial charge in [-0.25, -0.2) is 9.97 Å². The summed E-state index contributed by atoms with van der Waals surface area (Å²) in [7, 11) is 0. The van der Waals surface area contributed by atoms with E-state index in [-0.39, 0.29) is 0 Å². The van der Waals surface area contributed by atoms with Gasteiger partial charge in [0.05, 0.1) is 0 Å². The molecule has 1 fully saturated rings. The van der Waals surface area contributed by atoms with Crippen LogP contribution in [0.25, 0.3) is 0 Å². The van der Waals surface area contributed by atoms with Crippen LogP contribution in [0, 0.1) is 6.92 Å². The SMILES string of the molecule is Cc1nccc(N2CCC2)n1. The number of nitrogens with zero attached hydrogens (tertiary/aromatic N) is 3. The first-order valence-corrected chi connectivity index (χ1v) is 3.91. The number of hydrogen-bond donors (Lipinski definition) is 0. The van der Waals surface area contributed by atoms with Crippen molar-refractivity contribution in [2.75, 3.05) is 18.0 Å². The Morgan fingerprint density at radius 2 is 2.27 bits per heavy atom. The van der Waals surface area contributed by atoms with Crippen molar-refractivity contribution in [1.29, 1.82) is 0 Å². The van der Waals surface area contributed by atoms with Crippen LogP contribution in [0.15, 0.2) is 12.3 Å². The molecule has 0 aromatic carbocycles. The zero-order valence-corrected chi connectivity index (χ0v) is 6.62. The molecule has 0 radical (unpaired) electrons. The fourth-order valence-corrected chi connectivity index (χ4v) is 1.17. The molecule has 2 heterocycles. The summed E-state index contributed by atoms with van der Waals surface area (Å²) in [5.74, 6) is 1.93. The van der Waals surface area contributed by atoms with Crippen LogP contribution in [0.4, 0.5) is 5.82 Å². The van der Waals surface area contributed by atoms with Gasteiger partial charge in [0.25, 0.3) is 0 Å². The highest BCUT2D eigenvalue weighted by Gasteiger charge is 2.14. The van der Waals surface area contributed by atoms with E-state index in [0.717, 1.165) is 24.7 Å². The van der Waals surface area contributed by atoms with E-state index in [0.29, 0.717) is 0 Å². The van der Waals surface area contributed by atoms with Crippen molar-refractivity contribution in [1.82, 2.24) is 9.97 Å². The fourth-order valence-electron chi connectivity index (χ4n) is 1.17. The zero-order valence-electron chi connectivity index (χ0n) is 6.62. The first-order chi connectivity index (χ1) is 5.36. The van der Waals surface area contributed by atoms with Crippen molar-refractivity contribution < 1.29 is 0 Å². The number of rotatable bonds is 1. The van der Waals surface area contributed by atoms with Gasteiger partial charge in [0.1, 0.15) is 11.6 Å². The van der Waals surface area contributed by atoms with E-state index in [1.807, 2.05) is 19.2 Å². The second-order valence-electron chi connectivity index (χ2n) is 2.80. The molecule has 0 N–H and O–H groups in total. The molecule has 1 aromatic rings. The summed E-state index contributed by atoms with van der Waals surface area (Å²) in [6.07, 6.45) is 3.11. The molecule has 0 saturated carbocycles. The highest BCUT2D eigenvalue weighted by atomic mass is 15.2. The molecule has 3 nitrogen and oxygen atoms in total. The molecule has 0 bridgehead atoms. The van der Waals surface area contributed by atoms with Gasteiger partial charge in [-0.3, -0.25) is 0 Å². The second-order valence-corrected chi connectivity index (χ2v) is 2.80. The Labute approximate surface area is 66.1 Å². The Hall–Kier alpha value is -1.12. The summed E-state index contributed by atoms with van der Waals surface area (Å²) in [4.78, 5) is 10.6. The van der Waals surface area contributed by atoms with Crippen LogP contribution >= 0.6 is 0 Å². The van der Waals surface area contributed by atoms with Crippen molar-refractivity contribution in [2.24, 2.45) is 0 Å². The molecule has 0 unspecified atom stereocenters. The predicted octanol–water partition coefficient (Wildman–Crippen LogP) is 0.995. The van der Waals surface area contributed by atoms with Crippen LogP contribution in [-0.2, 0) is 0 Å². The third-order valence-corrected chi connectivity index (χ3v) is 1.94. The van der Waals surface area contributed by atoms with Crippen LogP contribution in [0.2, 0.25) is 0 Å². The minimum atomic E-state index is 0.856. The Balaban J connectivity index is 2.23. The van der Waals surface area contributed by atoms with E-state index in [2.05, 4.69) is 14.9 Å². The molecule has 1 aliphatic rings. The molecule has 1 aliphatic heterocycles. The standard InChI is InChI=1S/C8H11N3/c1-7-9-4-3-8(10-7)11-5-2-6-11/h3-4H,2,5-6H2,1H3. The predicted molar refractivity (Wildman–Crippen MR) is 43.6 cm³/mol. The monoisotopic (exact) mass is 149 g/mol. The quantitative estimate of drug-likeness (QED) is 0.596.